The molecule has 0 saturated carbocycles. The Bertz CT molecular complexity index is 1060. The van der Waals surface area contributed by atoms with E-state index in [4.69, 9.17) is 9.47 Å². The molecule has 1 N–H and O–H groups in total. The van der Waals surface area contributed by atoms with Crippen LogP contribution in [0.5, 0.6) is 5.75 Å². The normalized spacial score (nSPS) is 18.9. The summed E-state index contributed by atoms with van der Waals surface area (Å²) in [7, 11) is -2.02. The van der Waals surface area contributed by atoms with Gasteiger partial charge in [0.1, 0.15) is 5.75 Å². The highest BCUT2D eigenvalue weighted by molar-refractivity contribution is 7.89. The lowest BCUT2D eigenvalue weighted by Crippen LogP contribution is -2.41. The minimum atomic E-state index is -3.66. The molecule has 8 nitrogen and oxygen atoms in total. The molecule has 1 atom stereocenters. The number of sulfonamides is 1. The van der Waals surface area contributed by atoms with Gasteiger partial charge in [0.2, 0.25) is 10.0 Å². The van der Waals surface area contributed by atoms with E-state index in [2.05, 4.69) is 10.2 Å². The molecular formula is C25H33N3O5S. The Labute approximate surface area is 201 Å². The molecular weight excluding hydrogens is 454 g/mol. The van der Waals surface area contributed by atoms with E-state index < -0.39 is 10.0 Å². The molecule has 1 amide bonds. The van der Waals surface area contributed by atoms with E-state index in [-0.39, 0.29) is 16.8 Å². The summed E-state index contributed by atoms with van der Waals surface area (Å²) in [6.07, 6.45) is 3.51. The number of amides is 1. The summed E-state index contributed by atoms with van der Waals surface area (Å²) in [6.45, 7) is 3.80. The van der Waals surface area contributed by atoms with Gasteiger partial charge in [0, 0.05) is 25.2 Å². The number of hydrogen-bond acceptors (Lipinski definition) is 6. The predicted octanol–water partition coefficient (Wildman–Crippen LogP) is 2.67. The Kier molecular flexibility index (Phi) is 8.20. The zero-order chi connectivity index (χ0) is 24.0. The van der Waals surface area contributed by atoms with Gasteiger partial charge in [-0.3, -0.25) is 9.69 Å². The zero-order valence-electron chi connectivity index (χ0n) is 19.6. The number of carbonyl (C=O) groups excluding carboxylic acids is 1. The average Bonchev–Trinajstić information content (AvgIpc) is 2.90. The molecule has 0 unspecified atom stereocenters. The van der Waals surface area contributed by atoms with Crippen LogP contribution in [0, 0.1) is 0 Å². The fraction of sp³-hybridized carbons (Fsp3) is 0.480. The van der Waals surface area contributed by atoms with Crippen molar-refractivity contribution in [3.8, 4) is 5.75 Å². The number of methoxy groups -OCH3 is 1. The van der Waals surface area contributed by atoms with Gasteiger partial charge in [0.15, 0.2) is 0 Å². The van der Waals surface area contributed by atoms with Gasteiger partial charge >= 0.3 is 0 Å². The number of piperidine rings is 1. The molecule has 34 heavy (non-hydrogen) atoms. The lowest BCUT2D eigenvalue weighted by Gasteiger charge is -2.35. The molecule has 0 radical (unpaired) electrons. The Morgan fingerprint density at radius 3 is 2.41 bits per heavy atom. The molecule has 2 heterocycles. The first kappa shape index (κ1) is 24.7. The van der Waals surface area contributed by atoms with E-state index in [1.54, 1.807) is 19.2 Å². The second-order valence-electron chi connectivity index (χ2n) is 8.64. The van der Waals surface area contributed by atoms with Gasteiger partial charge in [-0.05, 0) is 61.8 Å². The second kappa shape index (κ2) is 11.3. The minimum absolute atomic E-state index is 0.0374. The van der Waals surface area contributed by atoms with Gasteiger partial charge in [0.05, 0.1) is 31.3 Å². The molecule has 4 rings (SSSR count). The number of likely N-dealkylation sites (tertiary alicyclic amines) is 1. The van der Waals surface area contributed by atoms with Crippen LogP contribution in [0.4, 0.5) is 0 Å². The van der Waals surface area contributed by atoms with E-state index in [9.17, 15) is 13.2 Å². The lowest BCUT2D eigenvalue weighted by atomic mass is 10.0. The number of ether oxygens (including phenoxy) is 2. The number of benzene rings is 2. The maximum absolute atomic E-state index is 13.0. The smallest absolute Gasteiger partial charge is 0.251 e. The van der Waals surface area contributed by atoms with Crippen LogP contribution in [0.15, 0.2) is 53.4 Å². The molecule has 2 aromatic rings. The van der Waals surface area contributed by atoms with Crippen LogP contribution < -0.4 is 10.1 Å². The molecule has 0 aromatic heterocycles. The summed E-state index contributed by atoms with van der Waals surface area (Å²) in [5.41, 5.74) is 1.45. The third-order valence-corrected chi connectivity index (χ3v) is 8.39. The molecule has 2 aromatic carbocycles. The number of nitrogens with one attached hydrogen (secondary N) is 1. The summed E-state index contributed by atoms with van der Waals surface area (Å²) >= 11 is 0. The highest BCUT2D eigenvalue weighted by atomic mass is 32.2. The van der Waals surface area contributed by atoms with Crippen molar-refractivity contribution in [3.63, 3.8) is 0 Å². The summed E-state index contributed by atoms with van der Waals surface area (Å²) in [6, 6.07) is 14.3. The quantitative estimate of drug-likeness (QED) is 0.616. The largest absolute Gasteiger partial charge is 0.497 e. The fourth-order valence-electron chi connectivity index (χ4n) is 4.54. The maximum Gasteiger partial charge on any atom is 0.251 e. The number of hydrogen-bond donors (Lipinski definition) is 1. The van der Waals surface area contributed by atoms with Crippen LogP contribution >= 0.6 is 0 Å². The third kappa shape index (κ3) is 5.78. The van der Waals surface area contributed by atoms with Crippen molar-refractivity contribution in [1.29, 1.82) is 0 Å². The van der Waals surface area contributed by atoms with Crippen LogP contribution in [-0.2, 0) is 14.8 Å². The van der Waals surface area contributed by atoms with Crippen molar-refractivity contribution in [2.45, 2.75) is 30.2 Å². The van der Waals surface area contributed by atoms with Gasteiger partial charge in [-0.2, -0.15) is 4.31 Å². The molecule has 2 fully saturated rings. The van der Waals surface area contributed by atoms with Crippen molar-refractivity contribution >= 4 is 15.9 Å². The van der Waals surface area contributed by atoms with Gasteiger partial charge in [-0.25, -0.2) is 8.42 Å². The van der Waals surface area contributed by atoms with Crippen LogP contribution in [0.25, 0.3) is 0 Å². The van der Waals surface area contributed by atoms with Crippen molar-refractivity contribution in [2.75, 3.05) is 53.0 Å². The van der Waals surface area contributed by atoms with E-state index in [0.29, 0.717) is 38.4 Å². The Morgan fingerprint density at radius 2 is 1.74 bits per heavy atom. The number of rotatable bonds is 8. The zero-order valence-corrected chi connectivity index (χ0v) is 20.4. The minimum Gasteiger partial charge on any atom is -0.497 e. The van der Waals surface area contributed by atoms with E-state index in [0.717, 1.165) is 37.2 Å². The topological polar surface area (TPSA) is 88.2 Å². The van der Waals surface area contributed by atoms with Crippen molar-refractivity contribution < 1.29 is 22.7 Å². The van der Waals surface area contributed by atoms with Gasteiger partial charge < -0.3 is 14.8 Å². The van der Waals surface area contributed by atoms with Gasteiger partial charge in [-0.15, -0.1) is 0 Å². The highest BCUT2D eigenvalue weighted by Gasteiger charge is 2.27. The first-order chi connectivity index (χ1) is 16.5. The molecule has 2 aliphatic heterocycles. The monoisotopic (exact) mass is 487 g/mol. The lowest BCUT2D eigenvalue weighted by molar-refractivity contribution is 0.0730. The Balaban J connectivity index is 1.48. The Hall–Kier alpha value is -2.46. The third-order valence-electron chi connectivity index (χ3n) is 6.49. The van der Waals surface area contributed by atoms with E-state index in [1.807, 2.05) is 24.3 Å². The number of nitrogens with zero attached hydrogens (tertiary/aromatic N) is 2. The maximum atomic E-state index is 13.0. The molecule has 9 heteroatoms. The summed E-state index contributed by atoms with van der Waals surface area (Å²) in [5, 5.41) is 3.04. The van der Waals surface area contributed by atoms with Crippen molar-refractivity contribution in [2.24, 2.45) is 0 Å². The first-order valence-corrected chi connectivity index (χ1v) is 13.3. The first-order valence-electron chi connectivity index (χ1n) is 11.8. The SMILES string of the molecule is COc1ccc([C@@H](CNC(=O)c2cccc(S(=O)(=O)N3CCOCC3)c2)N2CCCCC2)cc1. The molecule has 2 saturated heterocycles. The predicted molar refractivity (Wildman–Crippen MR) is 130 cm³/mol. The average molecular weight is 488 g/mol. The van der Waals surface area contributed by atoms with Crippen molar-refractivity contribution in [3.05, 3.63) is 59.7 Å². The van der Waals surface area contributed by atoms with E-state index in [1.165, 1.54) is 22.9 Å². The molecule has 0 spiro atoms. The standard InChI is InChI=1S/C25H33N3O5S/c1-32-22-10-8-20(9-11-22)24(27-12-3-2-4-13-27)19-26-25(29)21-6-5-7-23(18-21)34(30,31)28-14-16-33-17-15-28/h5-11,18,24H,2-4,12-17,19H2,1H3,(H,26,29)/t24-/m1/s1. The van der Waals surface area contributed by atoms with Gasteiger partial charge in [-0.1, -0.05) is 24.6 Å². The fourth-order valence-corrected chi connectivity index (χ4v) is 5.99. The summed E-state index contributed by atoms with van der Waals surface area (Å²) in [4.78, 5) is 15.6. The van der Waals surface area contributed by atoms with Crippen LogP contribution in [0.2, 0.25) is 0 Å². The molecule has 0 bridgehead atoms. The van der Waals surface area contributed by atoms with Crippen molar-refractivity contribution in [1.82, 2.24) is 14.5 Å². The van der Waals surface area contributed by atoms with Gasteiger partial charge in [0.25, 0.3) is 5.91 Å². The molecule has 2 aliphatic rings. The highest BCUT2D eigenvalue weighted by Crippen LogP contribution is 2.26. The van der Waals surface area contributed by atoms with Crippen LogP contribution in [0.1, 0.15) is 41.2 Å². The summed E-state index contributed by atoms with van der Waals surface area (Å²) in [5.74, 6) is 0.512. The van der Waals surface area contributed by atoms with Crippen LogP contribution in [-0.4, -0.2) is 76.6 Å². The molecule has 184 valence electrons. The van der Waals surface area contributed by atoms with E-state index >= 15 is 0 Å². The number of carbonyl (C=O) groups is 1. The number of morpholine rings is 1. The molecule has 0 aliphatic carbocycles. The van der Waals surface area contributed by atoms with Crippen LogP contribution in [0.3, 0.4) is 0 Å². The Morgan fingerprint density at radius 1 is 1.03 bits per heavy atom. The second-order valence-corrected chi connectivity index (χ2v) is 10.6. The summed E-state index contributed by atoms with van der Waals surface area (Å²) < 4.78 is 37.9.